The Bertz CT molecular complexity index is 1340. The number of benzene rings is 2. The van der Waals surface area contributed by atoms with Gasteiger partial charge in [0.05, 0.1) is 16.6 Å². The Kier molecular flexibility index (Phi) is 8.23. The number of carbonyl (C=O) groups is 3. The van der Waals surface area contributed by atoms with Crippen LogP contribution in [0.5, 0.6) is 0 Å². The first kappa shape index (κ1) is 26.2. The van der Waals surface area contributed by atoms with E-state index in [1.165, 1.54) is 29.8 Å². The largest absolute Gasteiger partial charge is 0.384 e. The van der Waals surface area contributed by atoms with Gasteiger partial charge in [0, 0.05) is 34.9 Å². The summed E-state index contributed by atoms with van der Waals surface area (Å²) in [6, 6.07) is 12.6. The Morgan fingerprint density at radius 2 is 1.58 bits per heavy atom. The summed E-state index contributed by atoms with van der Waals surface area (Å²) in [7, 11) is 0. The highest BCUT2D eigenvalue weighted by atomic mass is 35.5. The first-order valence-electron chi connectivity index (χ1n) is 13.6. The van der Waals surface area contributed by atoms with Crippen LogP contribution in [0, 0.1) is 0 Å². The molecule has 1 aliphatic heterocycles. The van der Waals surface area contributed by atoms with E-state index in [2.05, 4.69) is 16.7 Å². The van der Waals surface area contributed by atoms with E-state index in [0.717, 1.165) is 67.3 Å². The summed E-state index contributed by atoms with van der Waals surface area (Å²) in [5, 5.41) is 8.40. The summed E-state index contributed by atoms with van der Waals surface area (Å²) in [6.45, 7) is 1.21. The number of nitrogens with one attached hydrogen (secondary N) is 2. The highest BCUT2D eigenvalue weighted by Crippen LogP contribution is 2.34. The van der Waals surface area contributed by atoms with Crippen molar-refractivity contribution < 1.29 is 14.4 Å². The van der Waals surface area contributed by atoms with Crippen LogP contribution in [0.15, 0.2) is 42.5 Å². The molecule has 3 amide bonds. The molecule has 2 N–H and O–H groups in total. The number of amides is 3. The molecule has 0 saturated carbocycles. The van der Waals surface area contributed by atoms with E-state index in [1.54, 1.807) is 24.3 Å². The minimum atomic E-state index is -0.404. The third kappa shape index (κ3) is 5.68. The van der Waals surface area contributed by atoms with Gasteiger partial charge in [0.1, 0.15) is 6.54 Å². The molecule has 0 unspecified atom stereocenters. The van der Waals surface area contributed by atoms with Crippen molar-refractivity contribution in [2.45, 2.75) is 57.8 Å². The Hall–Kier alpha value is -3.45. The molecule has 2 aliphatic rings. The standard InChI is InChI=1S/C30H33ClN4O3/c31-20-14-15-24-26(18-20)34-25-13-7-6-12-23(25)28(24)33-17-9-3-1-2-8-16-32-27(36)19-35-29(37)21-10-4-5-11-22(21)30(35)38/h4-5,10-11,14-15,18H,1-3,6-9,12-13,16-17,19H2,(H,32,36)(H,33,34). The molecule has 0 fully saturated rings. The van der Waals surface area contributed by atoms with Crippen molar-refractivity contribution >= 4 is 45.9 Å². The van der Waals surface area contributed by atoms with E-state index in [9.17, 15) is 14.4 Å². The number of unbranched alkanes of at least 4 members (excludes halogenated alkanes) is 4. The van der Waals surface area contributed by atoms with Crippen molar-refractivity contribution in [3.8, 4) is 0 Å². The van der Waals surface area contributed by atoms with E-state index in [0.29, 0.717) is 22.7 Å². The van der Waals surface area contributed by atoms with Gasteiger partial charge >= 0.3 is 0 Å². The van der Waals surface area contributed by atoms with E-state index < -0.39 is 11.8 Å². The van der Waals surface area contributed by atoms with Gasteiger partial charge in [-0.25, -0.2) is 0 Å². The summed E-state index contributed by atoms with van der Waals surface area (Å²) in [5.41, 5.74) is 5.48. The Morgan fingerprint density at radius 1 is 0.895 bits per heavy atom. The Labute approximate surface area is 227 Å². The molecular formula is C30H33ClN4O3. The summed E-state index contributed by atoms with van der Waals surface area (Å²) in [5.74, 6) is -1.12. The van der Waals surface area contributed by atoms with E-state index in [-0.39, 0.29) is 12.5 Å². The molecule has 1 aromatic heterocycles. The second-order valence-electron chi connectivity index (χ2n) is 10.1. The third-order valence-electron chi connectivity index (χ3n) is 7.38. The normalized spacial score (nSPS) is 14.5. The molecule has 8 heteroatoms. The number of carbonyl (C=O) groups excluding carboxylic acids is 3. The van der Waals surface area contributed by atoms with Crippen LogP contribution in [0.4, 0.5) is 5.69 Å². The quantitative estimate of drug-likeness (QED) is 0.250. The van der Waals surface area contributed by atoms with E-state index in [4.69, 9.17) is 16.6 Å². The number of rotatable bonds is 11. The monoisotopic (exact) mass is 532 g/mol. The lowest BCUT2D eigenvalue weighted by Crippen LogP contribution is -2.40. The number of halogens is 1. The zero-order valence-corrected chi connectivity index (χ0v) is 22.3. The number of anilines is 1. The van der Waals surface area contributed by atoms with E-state index >= 15 is 0 Å². The number of pyridine rings is 1. The fourth-order valence-corrected chi connectivity index (χ4v) is 5.57. The molecule has 3 aromatic rings. The molecule has 0 radical (unpaired) electrons. The molecular weight excluding hydrogens is 500 g/mol. The summed E-state index contributed by atoms with van der Waals surface area (Å²) in [6.07, 6.45) is 9.63. The van der Waals surface area contributed by atoms with Gasteiger partial charge in [0.15, 0.2) is 0 Å². The van der Waals surface area contributed by atoms with Crippen molar-refractivity contribution in [3.63, 3.8) is 0 Å². The molecule has 7 nitrogen and oxygen atoms in total. The molecule has 2 aromatic carbocycles. The van der Waals surface area contributed by atoms with Crippen LogP contribution in [0.2, 0.25) is 5.02 Å². The van der Waals surface area contributed by atoms with Crippen LogP contribution < -0.4 is 10.6 Å². The maximum atomic E-state index is 12.4. The SMILES string of the molecule is O=C(CN1C(=O)c2ccccc2C1=O)NCCCCCCCNc1c2c(nc3cc(Cl)ccc13)CCCC2. The highest BCUT2D eigenvalue weighted by Gasteiger charge is 2.36. The minimum Gasteiger partial charge on any atom is -0.384 e. The Morgan fingerprint density at radius 3 is 2.34 bits per heavy atom. The fraction of sp³-hybridized carbons (Fsp3) is 0.400. The fourth-order valence-electron chi connectivity index (χ4n) is 5.40. The van der Waals surface area contributed by atoms with Crippen molar-refractivity contribution in [2.24, 2.45) is 0 Å². The summed E-state index contributed by atoms with van der Waals surface area (Å²) in [4.78, 5) is 43.0. The number of aromatic nitrogens is 1. The minimum absolute atomic E-state index is 0.238. The van der Waals surface area contributed by atoms with Crippen LogP contribution in [0.25, 0.3) is 10.9 Å². The second-order valence-corrected chi connectivity index (χ2v) is 10.5. The molecule has 5 rings (SSSR count). The average Bonchev–Trinajstić information content (AvgIpc) is 3.16. The molecule has 1 aliphatic carbocycles. The number of imide groups is 1. The lowest BCUT2D eigenvalue weighted by molar-refractivity contribution is -0.121. The van der Waals surface area contributed by atoms with Crippen LogP contribution in [0.1, 0.15) is 76.9 Å². The van der Waals surface area contributed by atoms with Crippen LogP contribution in [-0.2, 0) is 17.6 Å². The van der Waals surface area contributed by atoms with Gasteiger partial charge in [-0.2, -0.15) is 0 Å². The second kappa shape index (κ2) is 11.9. The number of hydrogen-bond donors (Lipinski definition) is 2. The number of hydrogen-bond acceptors (Lipinski definition) is 5. The molecule has 0 bridgehead atoms. The van der Waals surface area contributed by atoms with Gasteiger partial charge < -0.3 is 10.6 Å². The van der Waals surface area contributed by atoms with Crippen molar-refractivity contribution in [3.05, 3.63) is 69.9 Å². The lowest BCUT2D eigenvalue weighted by Gasteiger charge is -2.22. The molecule has 0 atom stereocenters. The lowest BCUT2D eigenvalue weighted by atomic mass is 9.92. The van der Waals surface area contributed by atoms with Gasteiger partial charge in [-0.3, -0.25) is 24.3 Å². The maximum absolute atomic E-state index is 12.4. The zero-order valence-electron chi connectivity index (χ0n) is 21.5. The predicted molar refractivity (Wildman–Crippen MR) is 150 cm³/mol. The van der Waals surface area contributed by atoms with Gasteiger partial charge in [0.2, 0.25) is 5.91 Å². The van der Waals surface area contributed by atoms with Crippen LogP contribution in [-0.4, -0.2) is 47.2 Å². The molecule has 2 heterocycles. The molecule has 38 heavy (non-hydrogen) atoms. The average molecular weight is 533 g/mol. The third-order valence-corrected chi connectivity index (χ3v) is 7.62. The van der Waals surface area contributed by atoms with Gasteiger partial charge in [-0.1, -0.05) is 43.0 Å². The summed E-state index contributed by atoms with van der Waals surface area (Å²) >= 11 is 6.22. The number of nitrogens with zero attached hydrogens (tertiary/aromatic N) is 2. The Balaban J connectivity index is 1.00. The maximum Gasteiger partial charge on any atom is 0.262 e. The molecule has 0 spiro atoms. The molecule has 0 saturated heterocycles. The molecule has 198 valence electrons. The smallest absolute Gasteiger partial charge is 0.262 e. The van der Waals surface area contributed by atoms with Crippen molar-refractivity contribution in [1.82, 2.24) is 15.2 Å². The van der Waals surface area contributed by atoms with Crippen molar-refractivity contribution in [1.29, 1.82) is 0 Å². The first-order valence-corrected chi connectivity index (χ1v) is 14.0. The highest BCUT2D eigenvalue weighted by molar-refractivity contribution is 6.31. The van der Waals surface area contributed by atoms with Crippen LogP contribution in [0.3, 0.4) is 0 Å². The van der Waals surface area contributed by atoms with Gasteiger partial charge in [-0.15, -0.1) is 0 Å². The number of fused-ring (bicyclic) bond motifs is 3. The van der Waals surface area contributed by atoms with Crippen molar-refractivity contribution in [2.75, 3.05) is 25.0 Å². The van der Waals surface area contributed by atoms with Gasteiger partial charge in [-0.05, 0) is 74.4 Å². The zero-order chi connectivity index (χ0) is 26.5. The summed E-state index contributed by atoms with van der Waals surface area (Å²) < 4.78 is 0. The predicted octanol–water partition coefficient (Wildman–Crippen LogP) is 5.54. The topological polar surface area (TPSA) is 91.4 Å². The first-order chi connectivity index (χ1) is 18.5. The van der Waals surface area contributed by atoms with Crippen LogP contribution >= 0.6 is 11.6 Å². The number of aryl methyl sites for hydroxylation is 1. The van der Waals surface area contributed by atoms with Gasteiger partial charge in [0.25, 0.3) is 11.8 Å². The van der Waals surface area contributed by atoms with E-state index in [1.807, 2.05) is 12.1 Å².